The molecule has 150 valence electrons. The number of aryl methyl sites for hydroxylation is 1. The van der Waals surface area contributed by atoms with Gasteiger partial charge in [-0.15, -0.1) is 0 Å². The lowest BCUT2D eigenvalue weighted by Crippen LogP contribution is -2.38. The highest BCUT2D eigenvalue weighted by molar-refractivity contribution is 5.80. The maximum Gasteiger partial charge on any atom is 0.152 e. The number of nitrogens with one attached hydrogen (secondary N) is 1. The SMILES string of the molecule is Cc1cccc(C=NNc2cc(OCCN3CCOCC3)cc(N(C)C)n2)c1. The largest absolute Gasteiger partial charge is 0.492 e. The molecule has 7 heteroatoms. The van der Waals surface area contributed by atoms with Gasteiger partial charge in [-0.3, -0.25) is 10.3 Å². The summed E-state index contributed by atoms with van der Waals surface area (Å²) in [4.78, 5) is 8.87. The fraction of sp³-hybridized carbons (Fsp3) is 0.429. The van der Waals surface area contributed by atoms with Crippen LogP contribution in [-0.4, -0.2) is 69.6 Å². The van der Waals surface area contributed by atoms with E-state index in [-0.39, 0.29) is 0 Å². The third-order valence-corrected chi connectivity index (χ3v) is 4.46. The van der Waals surface area contributed by atoms with Crippen molar-refractivity contribution in [2.45, 2.75) is 6.92 Å². The van der Waals surface area contributed by atoms with Gasteiger partial charge in [0.1, 0.15) is 18.2 Å². The summed E-state index contributed by atoms with van der Waals surface area (Å²) in [5.41, 5.74) is 5.25. The van der Waals surface area contributed by atoms with E-state index in [1.807, 2.05) is 43.3 Å². The molecule has 0 spiro atoms. The van der Waals surface area contributed by atoms with Crippen molar-refractivity contribution in [3.8, 4) is 5.75 Å². The van der Waals surface area contributed by atoms with Gasteiger partial charge in [-0.25, -0.2) is 4.98 Å². The van der Waals surface area contributed by atoms with Gasteiger partial charge in [-0.1, -0.05) is 29.8 Å². The Morgan fingerprint density at radius 3 is 2.82 bits per heavy atom. The molecule has 28 heavy (non-hydrogen) atoms. The van der Waals surface area contributed by atoms with Gasteiger partial charge in [-0.2, -0.15) is 5.10 Å². The summed E-state index contributed by atoms with van der Waals surface area (Å²) in [7, 11) is 3.92. The highest BCUT2D eigenvalue weighted by atomic mass is 16.5. The van der Waals surface area contributed by atoms with Gasteiger partial charge >= 0.3 is 0 Å². The summed E-state index contributed by atoms with van der Waals surface area (Å²) in [5.74, 6) is 2.24. The van der Waals surface area contributed by atoms with Crippen molar-refractivity contribution in [2.75, 3.05) is 63.9 Å². The Hall–Kier alpha value is -2.64. The van der Waals surface area contributed by atoms with E-state index in [1.165, 1.54) is 5.56 Å². The average Bonchev–Trinajstić information content (AvgIpc) is 2.69. The molecular weight excluding hydrogens is 354 g/mol. The van der Waals surface area contributed by atoms with Crippen molar-refractivity contribution < 1.29 is 9.47 Å². The number of hydrogen-bond donors (Lipinski definition) is 1. The van der Waals surface area contributed by atoms with E-state index in [1.54, 1.807) is 6.21 Å². The van der Waals surface area contributed by atoms with Crippen molar-refractivity contribution in [2.24, 2.45) is 5.10 Å². The highest BCUT2D eigenvalue weighted by Crippen LogP contribution is 2.22. The van der Waals surface area contributed by atoms with Crippen LogP contribution in [-0.2, 0) is 4.74 Å². The zero-order chi connectivity index (χ0) is 19.8. The lowest BCUT2D eigenvalue weighted by Gasteiger charge is -2.26. The smallest absolute Gasteiger partial charge is 0.152 e. The molecule has 1 aliphatic rings. The third kappa shape index (κ3) is 6.21. The fourth-order valence-corrected chi connectivity index (χ4v) is 2.90. The van der Waals surface area contributed by atoms with Gasteiger partial charge in [0.15, 0.2) is 5.82 Å². The first-order valence-electron chi connectivity index (χ1n) is 9.58. The normalized spacial score (nSPS) is 15.0. The van der Waals surface area contributed by atoms with Gasteiger partial charge in [0.25, 0.3) is 0 Å². The zero-order valence-corrected chi connectivity index (χ0v) is 16.9. The summed E-state index contributed by atoms with van der Waals surface area (Å²) < 4.78 is 11.4. The number of benzene rings is 1. The molecule has 1 aliphatic heterocycles. The Balaban J connectivity index is 1.61. The average molecular weight is 383 g/mol. The molecule has 0 aliphatic carbocycles. The number of aromatic nitrogens is 1. The van der Waals surface area contributed by atoms with Crippen LogP contribution in [0.1, 0.15) is 11.1 Å². The summed E-state index contributed by atoms with van der Waals surface area (Å²) in [6.07, 6.45) is 1.79. The van der Waals surface area contributed by atoms with Gasteiger partial charge < -0.3 is 14.4 Å². The maximum atomic E-state index is 5.98. The van der Waals surface area contributed by atoms with Crippen molar-refractivity contribution in [1.82, 2.24) is 9.88 Å². The van der Waals surface area contributed by atoms with Crippen LogP contribution >= 0.6 is 0 Å². The molecule has 0 atom stereocenters. The minimum Gasteiger partial charge on any atom is -0.492 e. The Kier molecular flexibility index (Phi) is 7.22. The molecule has 2 aromatic rings. The molecule has 7 nitrogen and oxygen atoms in total. The molecule has 0 unspecified atom stereocenters. The zero-order valence-electron chi connectivity index (χ0n) is 16.9. The second-order valence-corrected chi connectivity index (χ2v) is 7.03. The Labute approximate surface area is 167 Å². The molecular formula is C21H29N5O2. The van der Waals surface area contributed by atoms with Crippen LogP contribution in [0.3, 0.4) is 0 Å². The maximum absolute atomic E-state index is 5.98. The number of morpholine rings is 1. The fourth-order valence-electron chi connectivity index (χ4n) is 2.90. The van der Waals surface area contributed by atoms with Crippen LogP contribution in [0.15, 0.2) is 41.5 Å². The molecule has 1 saturated heterocycles. The summed E-state index contributed by atoms with van der Waals surface area (Å²) in [6, 6.07) is 12.0. The second kappa shape index (κ2) is 10.1. The lowest BCUT2D eigenvalue weighted by molar-refractivity contribution is 0.0322. The lowest BCUT2D eigenvalue weighted by atomic mass is 10.2. The summed E-state index contributed by atoms with van der Waals surface area (Å²) in [5, 5.41) is 4.31. The number of nitrogens with zero attached hydrogens (tertiary/aromatic N) is 4. The topological polar surface area (TPSA) is 62.2 Å². The van der Waals surface area contributed by atoms with E-state index in [0.717, 1.165) is 50.0 Å². The van der Waals surface area contributed by atoms with Crippen molar-refractivity contribution in [3.05, 3.63) is 47.5 Å². The molecule has 0 radical (unpaired) electrons. The van der Waals surface area contributed by atoms with Gasteiger partial charge in [0.05, 0.1) is 19.4 Å². The number of ether oxygens (including phenoxy) is 2. The van der Waals surface area contributed by atoms with Crippen LogP contribution in [0.25, 0.3) is 0 Å². The summed E-state index contributed by atoms with van der Waals surface area (Å²) in [6.45, 7) is 7.10. The Bertz CT molecular complexity index is 788. The molecule has 0 amide bonds. The van der Waals surface area contributed by atoms with Crippen LogP contribution < -0.4 is 15.1 Å². The Morgan fingerprint density at radius 2 is 2.07 bits per heavy atom. The molecule has 2 heterocycles. The van der Waals surface area contributed by atoms with E-state index in [2.05, 4.69) is 39.5 Å². The van der Waals surface area contributed by atoms with Crippen LogP contribution in [0, 0.1) is 6.92 Å². The molecule has 1 fully saturated rings. The Morgan fingerprint density at radius 1 is 1.25 bits per heavy atom. The van der Waals surface area contributed by atoms with Gasteiger partial charge in [0.2, 0.25) is 0 Å². The van der Waals surface area contributed by atoms with E-state index >= 15 is 0 Å². The molecule has 1 N–H and O–H groups in total. The van der Waals surface area contributed by atoms with Crippen LogP contribution in [0.2, 0.25) is 0 Å². The number of hydrogen-bond acceptors (Lipinski definition) is 7. The summed E-state index contributed by atoms with van der Waals surface area (Å²) >= 11 is 0. The molecule has 1 aromatic carbocycles. The van der Waals surface area contributed by atoms with E-state index in [4.69, 9.17) is 9.47 Å². The second-order valence-electron chi connectivity index (χ2n) is 7.03. The predicted octanol–water partition coefficient (Wildman–Crippen LogP) is 2.61. The first-order valence-corrected chi connectivity index (χ1v) is 9.58. The van der Waals surface area contributed by atoms with E-state index in [9.17, 15) is 0 Å². The van der Waals surface area contributed by atoms with Gasteiger partial charge in [-0.05, 0) is 12.5 Å². The molecule has 3 rings (SSSR count). The van der Waals surface area contributed by atoms with Crippen molar-refractivity contribution >= 4 is 17.9 Å². The standard InChI is InChI=1S/C21H29N5O2/c1-17-5-4-6-18(13-17)16-22-24-20-14-19(15-21(23-20)25(2)3)28-12-9-26-7-10-27-11-8-26/h4-6,13-16H,7-12H2,1-3H3,(H,23,24). The molecule has 0 saturated carbocycles. The van der Waals surface area contributed by atoms with Crippen LogP contribution in [0.4, 0.5) is 11.6 Å². The van der Waals surface area contributed by atoms with E-state index < -0.39 is 0 Å². The van der Waals surface area contributed by atoms with E-state index in [0.29, 0.717) is 12.4 Å². The third-order valence-electron chi connectivity index (χ3n) is 4.46. The van der Waals surface area contributed by atoms with Crippen molar-refractivity contribution in [3.63, 3.8) is 0 Å². The van der Waals surface area contributed by atoms with Crippen LogP contribution in [0.5, 0.6) is 5.75 Å². The number of pyridine rings is 1. The monoisotopic (exact) mass is 383 g/mol. The van der Waals surface area contributed by atoms with Crippen molar-refractivity contribution in [1.29, 1.82) is 0 Å². The number of rotatable bonds is 8. The number of anilines is 2. The minimum atomic E-state index is 0.628. The minimum absolute atomic E-state index is 0.628. The first-order chi connectivity index (χ1) is 13.6. The van der Waals surface area contributed by atoms with Gasteiger partial charge in [0, 0.05) is 45.9 Å². The molecule has 1 aromatic heterocycles. The highest BCUT2D eigenvalue weighted by Gasteiger charge is 2.11. The first kappa shape index (κ1) is 20.1. The molecule has 0 bridgehead atoms. The predicted molar refractivity (Wildman–Crippen MR) is 114 cm³/mol. The quantitative estimate of drug-likeness (QED) is 0.559. The number of hydrazone groups is 1.